The van der Waals surface area contributed by atoms with Gasteiger partial charge in [0.25, 0.3) is 0 Å². The maximum Gasteiger partial charge on any atom is 0.243 e. The van der Waals surface area contributed by atoms with Gasteiger partial charge in [-0.2, -0.15) is 8.61 Å². The summed E-state index contributed by atoms with van der Waals surface area (Å²) in [6.07, 6.45) is 0. The fourth-order valence-corrected chi connectivity index (χ4v) is 7.30. The minimum absolute atomic E-state index is 0.0842. The molecular weight excluding hydrogens is 446 g/mol. The average molecular weight is 480 g/mol. The highest BCUT2D eigenvalue weighted by atomic mass is 32.2. The van der Waals surface area contributed by atoms with Gasteiger partial charge in [0.15, 0.2) is 0 Å². The van der Waals surface area contributed by atoms with E-state index in [-0.39, 0.29) is 29.7 Å². The molecule has 0 spiro atoms. The van der Waals surface area contributed by atoms with Gasteiger partial charge in [0.05, 0.1) is 10.6 Å². The van der Waals surface area contributed by atoms with Crippen molar-refractivity contribution in [3.8, 4) is 0 Å². The lowest BCUT2D eigenvalue weighted by atomic mass is 10.0. The van der Waals surface area contributed by atoms with E-state index in [0.29, 0.717) is 31.7 Å². The fourth-order valence-electron chi connectivity index (χ4n) is 4.00. The lowest BCUT2D eigenvalue weighted by Crippen LogP contribution is -2.48. The largest absolute Gasteiger partial charge is 0.314 e. The molecule has 1 saturated heterocycles. The van der Waals surface area contributed by atoms with Crippen LogP contribution in [-0.2, 0) is 20.0 Å². The first-order valence-corrected chi connectivity index (χ1v) is 14.0. The van der Waals surface area contributed by atoms with Crippen molar-refractivity contribution in [2.45, 2.75) is 31.6 Å². The maximum atomic E-state index is 13.6. The van der Waals surface area contributed by atoms with Crippen LogP contribution >= 0.6 is 0 Å². The molecule has 0 bridgehead atoms. The summed E-state index contributed by atoms with van der Waals surface area (Å²) in [5.74, 6) is -0.322. The Morgan fingerprint density at radius 2 is 1.66 bits per heavy atom. The molecule has 0 amide bonds. The molecule has 1 aliphatic heterocycles. The highest BCUT2D eigenvalue weighted by Gasteiger charge is 2.31. The predicted molar refractivity (Wildman–Crippen MR) is 128 cm³/mol. The zero-order chi connectivity index (χ0) is 23.4. The number of piperazine rings is 1. The Morgan fingerprint density at radius 3 is 2.28 bits per heavy atom. The molecule has 1 atom stereocenters. The average Bonchev–Trinajstić information content (AvgIpc) is 2.77. The molecule has 2 aromatic rings. The van der Waals surface area contributed by atoms with Gasteiger partial charge in [0.2, 0.25) is 20.0 Å². The van der Waals surface area contributed by atoms with Crippen LogP contribution in [0.1, 0.15) is 29.5 Å². The number of sulfonamides is 2. The van der Waals surface area contributed by atoms with Crippen molar-refractivity contribution in [1.82, 2.24) is 13.9 Å². The molecule has 9 heteroatoms. The van der Waals surface area contributed by atoms with Crippen LogP contribution in [0, 0.1) is 13.8 Å². The van der Waals surface area contributed by atoms with E-state index in [1.54, 1.807) is 19.1 Å². The summed E-state index contributed by atoms with van der Waals surface area (Å²) in [4.78, 5) is 0.225. The molecule has 0 saturated carbocycles. The molecule has 1 heterocycles. The van der Waals surface area contributed by atoms with Crippen LogP contribution in [0.5, 0.6) is 0 Å². The lowest BCUT2D eigenvalue weighted by molar-refractivity contribution is 0.354. The van der Waals surface area contributed by atoms with E-state index < -0.39 is 20.0 Å². The summed E-state index contributed by atoms with van der Waals surface area (Å²) < 4.78 is 55.8. The number of aryl methyl sites for hydroxylation is 2. The van der Waals surface area contributed by atoms with Crippen LogP contribution in [0.15, 0.2) is 53.4 Å². The first-order valence-electron chi connectivity index (χ1n) is 10.9. The second-order valence-corrected chi connectivity index (χ2v) is 12.4. The Balaban J connectivity index is 1.88. The number of hydrogen-bond donors (Lipinski definition) is 1. The SMILES string of the molecule is Cc1ccc(S(=O)(=O)N(CCS(=O)(=O)N2CCNCC2)C[C@H](C)c2ccccc2)c(C)c1. The fraction of sp³-hybridized carbons (Fsp3) is 0.478. The Labute approximate surface area is 192 Å². The van der Waals surface area contributed by atoms with Gasteiger partial charge in [0, 0.05) is 39.3 Å². The molecule has 32 heavy (non-hydrogen) atoms. The van der Waals surface area contributed by atoms with Crippen LogP contribution in [0.25, 0.3) is 0 Å². The second-order valence-electron chi connectivity index (χ2n) is 8.41. The van der Waals surface area contributed by atoms with Crippen LogP contribution in [0.3, 0.4) is 0 Å². The molecule has 176 valence electrons. The lowest BCUT2D eigenvalue weighted by Gasteiger charge is -2.29. The summed E-state index contributed by atoms with van der Waals surface area (Å²) in [5.41, 5.74) is 2.65. The Bertz CT molecular complexity index is 1110. The summed E-state index contributed by atoms with van der Waals surface area (Å²) in [6, 6.07) is 14.9. The monoisotopic (exact) mass is 479 g/mol. The Kier molecular flexibility index (Phi) is 8.11. The third kappa shape index (κ3) is 5.96. The van der Waals surface area contributed by atoms with Crippen molar-refractivity contribution >= 4 is 20.0 Å². The summed E-state index contributed by atoms with van der Waals surface area (Å²) >= 11 is 0. The van der Waals surface area contributed by atoms with Crippen LogP contribution in [0.2, 0.25) is 0 Å². The van der Waals surface area contributed by atoms with Gasteiger partial charge in [-0.1, -0.05) is 55.0 Å². The van der Waals surface area contributed by atoms with E-state index in [2.05, 4.69) is 5.32 Å². The minimum Gasteiger partial charge on any atom is -0.314 e. The first kappa shape index (κ1) is 24.9. The van der Waals surface area contributed by atoms with Gasteiger partial charge in [0.1, 0.15) is 0 Å². The summed E-state index contributed by atoms with van der Waals surface area (Å²) in [6.45, 7) is 7.80. The molecule has 0 unspecified atom stereocenters. The quantitative estimate of drug-likeness (QED) is 0.597. The summed E-state index contributed by atoms with van der Waals surface area (Å²) in [5, 5.41) is 3.14. The van der Waals surface area contributed by atoms with Gasteiger partial charge in [-0.05, 0) is 37.0 Å². The van der Waals surface area contributed by atoms with Gasteiger partial charge >= 0.3 is 0 Å². The van der Waals surface area contributed by atoms with Crippen molar-refractivity contribution < 1.29 is 16.8 Å². The summed E-state index contributed by atoms with van der Waals surface area (Å²) in [7, 11) is -7.42. The second kappa shape index (κ2) is 10.4. The van der Waals surface area contributed by atoms with Crippen molar-refractivity contribution in [3.63, 3.8) is 0 Å². The van der Waals surface area contributed by atoms with E-state index in [1.165, 1.54) is 8.61 Å². The minimum atomic E-state index is -3.87. The van der Waals surface area contributed by atoms with Gasteiger partial charge in [-0.25, -0.2) is 16.8 Å². The Morgan fingerprint density at radius 1 is 1.00 bits per heavy atom. The number of hydrogen-bond acceptors (Lipinski definition) is 5. The van der Waals surface area contributed by atoms with Crippen molar-refractivity contribution in [2.75, 3.05) is 45.0 Å². The normalized spacial score (nSPS) is 16.9. The van der Waals surface area contributed by atoms with E-state index in [4.69, 9.17) is 0 Å². The molecule has 1 N–H and O–H groups in total. The topological polar surface area (TPSA) is 86.8 Å². The molecule has 0 aliphatic carbocycles. The van der Waals surface area contributed by atoms with Gasteiger partial charge < -0.3 is 5.32 Å². The molecule has 0 radical (unpaired) electrons. The van der Waals surface area contributed by atoms with E-state index >= 15 is 0 Å². The molecule has 2 aromatic carbocycles. The van der Waals surface area contributed by atoms with Gasteiger partial charge in [-0.15, -0.1) is 0 Å². The smallest absolute Gasteiger partial charge is 0.243 e. The predicted octanol–water partition coefficient (Wildman–Crippen LogP) is 2.33. The third-order valence-electron chi connectivity index (χ3n) is 5.86. The van der Waals surface area contributed by atoms with Crippen LogP contribution in [-0.4, -0.2) is 70.5 Å². The molecule has 0 aromatic heterocycles. The highest BCUT2D eigenvalue weighted by molar-refractivity contribution is 7.90. The zero-order valence-corrected chi connectivity index (χ0v) is 20.6. The molecule has 7 nitrogen and oxygen atoms in total. The number of nitrogens with zero attached hydrogens (tertiary/aromatic N) is 2. The number of rotatable bonds is 9. The first-order chi connectivity index (χ1) is 15.1. The van der Waals surface area contributed by atoms with Crippen molar-refractivity contribution in [3.05, 3.63) is 65.2 Å². The van der Waals surface area contributed by atoms with Crippen molar-refractivity contribution in [2.24, 2.45) is 0 Å². The zero-order valence-electron chi connectivity index (χ0n) is 19.0. The van der Waals surface area contributed by atoms with Gasteiger partial charge in [-0.3, -0.25) is 0 Å². The Hall–Kier alpha value is -1.78. The third-order valence-corrected chi connectivity index (χ3v) is 9.74. The molecule has 3 rings (SSSR count). The maximum absolute atomic E-state index is 13.6. The number of benzene rings is 2. The van der Waals surface area contributed by atoms with E-state index in [9.17, 15) is 16.8 Å². The molecule has 1 fully saturated rings. The van der Waals surface area contributed by atoms with E-state index in [1.807, 2.05) is 50.2 Å². The molecule has 1 aliphatic rings. The van der Waals surface area contributed by atoms with Crippen molar-refractivity contribution in [1.29, 1.82) is 0 Å². The molecular formula is C23H33N3O4S2. The van der Waals surface area contributed by atoms with Crippen LogP contribution in [0.4, 0.5) is 0 Å². The highest BCUT2D eigenvalue weighted by Crippen LogP contribution is 2.25. The standard InChI is InChI=1S/C23H33N3O4S2/c1-19-9-10-23(20(2)17-19)32(29,30)26(18-21(3)22-7-5-4-6-8-22)15-16-31(27,28)25-13-11-24-12-14-25/h4-10,17,21,24H,11-16,18H2,1-3H3/t21-/m0/s1. The van der Waals surface area contributed by atoms with Crippen LogP contribution < -0.4 is 5.32 Å². The number of nitrogens with one attached hydrogen (secondary N) is 1. The van der Waals surface area contributed by atoms with E-state index in [0.717, 1.165) is 11.1 Å².